The Bertz CT molecular complexity index is 544. The fraction of sp³-hybridized carbons (Fsp3) is 0.471. The molecule has 0 aliphatic carbocycles. The lowest BCUT2D eigenvalue weighted by Gasteiger charge is -2.01. The van der Waals surface area contributed by atoms with E-state index in [0.717, 1.165) is 30.0 Å². The highest BCUT2D eigenvalue weighted by atomic mass is 32.1. The third-order valence-electron chi connectivity index (χ3n) is 3.10. The number of para-hydroxylation sites is 1. The molecule has 1 aromatic heterocycles. The zero-order valence-corrected chi connectivity index (χ0v) is 12.9. The number of nitrogens with one attached hydrogen (secondary N) is 1. The Morgan fingerprint density at radius 2 is 1.95 bits per heavy atom. The van der Waals surface area contributed by atoms with Crippen LogP contribution in [0.2, 0.25) is 0 Å². The van der Waals surface area contributed by atoms with E-state index in [1.807, 2.05) is 6.07 Å². The highest BCUT2D eigenvalue weighted by molar-refractivity contribution is 7.22. The van der Waals surface area contributed by atoms with E-state index in [9.17, 15) is 0 Å². The number of rotatable bonds is 7. The van der Waals surface area contributed by atoms with Crippen molar-refractivity contribution in [1.29, 1.82) is 0 Å². The monoisotopic (exact) mass is 286 g/mol. The number of anilines is 1. The average molecular weight is 286 g/mol. The van der Waals surface area contributed by atoms with Crippen LogP contribution in [0, 0.1) is 11.8 Å². The number of benzene rings is 1. The summed E-state index contributed by atoms with van der Waals surface area (Å²) in [6.45, 7) is 3.11. The summed E-state index contributed by atoms with van der Waals surface area (Å²) < 4.78 is 1.25. The van der Waals surface area contributed by atoms with Crippen molar-refractivity contribution in [2.24, 2.45) is 0 Å². The summed E-state index contributed by atoms with van der Waals surface area (Å²) in [6.07, 6.45) is 7.02. The molecule has 0 radical (unpaired) electrons. The molecule has 0 fully saturated rings. The summed E-state index contributed by atoms with van der Waals surface area (Å²) in [5, 5.41) is 4.47. The lowest BCUT2D eigenvalue weighted by molar-refractivity contribution is 0.665. The van der Waals surface area contributed by atoms with E-state index in [0.29, 0.717) is 0 Å². The van der Waals surface area contributed by atoms with E-state index < -0.39 is 0 Å². The third-order valence-corrected chi connectivity index (χ3v) is 4.09. The van der Waals surface area contributed by atoms with Crippen molar-refractivity contribution >= 4 is 26.7 Å². The molecular formula is C17H22N2S. The molecule has 0 saturated carbocycles. The molecule has 3 heteroatoms. The Labute approximate surface area is 125 Å². The molecule has 1 N–H and O–H groups in total. The summed E-state index contributed by atoms with van der Waals surface area (Å²) >= 11 is 1.73. The van der Waals surface area contributed by atoms with Crippen molar-refractivity contribution in [3.8, 4) is 11.8 Å². The molecule has 106 valence electrons. The van der Waals surface area contributed by atoms with Crippen molar-refractivity contribution in [2.75, 3.05) is 11.9 Å². The van der Waals surface area contributed by atoms with Gasteiger partial charge in [-0.05, 0) is 25.0 Å². The highest BCUT2D eigenvalue weighted by Gasteiger charge is 2.01. The van der Waals surface area contributed by atoms with Crippen LogP contribution < -0.4 is 5.32 Å². The number of aromatic nitrogens is 1. The van der Waals surface area contributed by atoms with Gasteiger partial charge in [-0.25, -0.2) is 4.98 Å². The van der Waals surface area contributed by atoms with Crippen LogP contribution in [0.4, 0.5) is 5.13 Å². The van der Waals surface area contributed by atoms with Crippen LogP contribution in [-0.4, -0.2) is 11.5 Å². The molecule has 0 aliphatic rings. The summed E-state index contributed by atoms with van der Waals surface area (Å²) in [4.78, 5) is 4.57. The number of hydrogen-bond donors (Lipinski definition) is 1. The Balaban J connectivity index is 1.59. The highest BCUT2D eigenvalue weighted by Crippen LogP contribution is 2.25. The molecule has 1 heterocycles. The van der Waals surface area contributed by atoms with E-state index in [4.69, 9.17) is 0 Å². The van der Waals surface area contributed by atoms with E-state index in [1.165, 1.54) is 30.4 Å². The maximum Gasteiger partial charge on any atom is 0.183 e. The predicted molar refractivity (Wildman–Crippen MR) is 89.3 cm³/mol. The number of thiazole rings is 1. The van der Waals surface area contributed by atoms with Gasteiger partial charge in [0.25, 0.3) is 0 Å². The van der Waals surface area contributed by atoms with Gasteiger partial charge in [-0.3, -0.25) is 0 Å². The predicted octanol–water partition coefficient (Wildman–Crippen LogP) is 5.07. The molecule has 0 aliphatic heterocycles. The summed E-state index contributed by atoms with van der Waals surface area (Å²) in [7, 11) is 0. The SMILES string of the molecule is CCC#CCCCCCCNc1nc2ccccc2s1. The summed E-state index contributed by atoms with van der Waals surface area (Å²) in [6, 6.07) is 8.28. The van der Waals surface area contributed by atoms with Crippen molar-refractivity contribution < 1.29 is 0 Å². The first-order valence-electron chi connectivity index (χ1n) is 7.45. The lowest BCUT2D eigenvalue weighted by Crippen LogP contribution is -2.00. The number of unbranched alkanes of at least 4 members (excludes halogenated alkanes) is 4. The second-order valence-corrected chi connectivity index (χ2v) is 5.82. The number of fused-ring (bicyclic) bond motifs is 1. The van der Waals surface area contributed by atoms with Gasteiger partial charge in [0.2, 0.25) is 0 Å². The minimum Gasteiger partial charge on any atom is -0.361 e. The van der Waals surface area contributed by atoms with Gasteiger partial charge >= 0.3 is 0 Å². The molecule has 0 unspecified atom stereocenters. The molecule has 2 rings (SSSR count). The molecule has 2 nitrogen and oxygen atoms in total. The Kier molecular flexibility index (Phi) is 6.40. The largest absolute Gasteiger partial charge is 0.361 e. The average Bonchev–Trinajstić information content (AvgIpc) is 2.88. The molecule has 0 amide bonds. The van der Waals surface area contributed by atoms with Gasteiger partial charge in [0.1, 0.15) is 0 Å². The van der Waals surface area contributed by atoms with Crippen molar-refractivity contribution in [2.45, 2.75) is 45.4 Å². The maximum atomic E-state index is 4.57. The van der Waals surface area contributed by atoms with Crippen molar-refractivity contribution in [1.82, 2.24) is 4.98 Å². The molecule has 0 saturated heterocycles. The first-order chi connectivity index (χ1) is 9.90. The van der Waals surface area contributed by atoms with Gasteiger partial charge in [0, 0.05) is 19.4 Å². The van der Waals surface area contributed by atoms with E-state index in [-0.39, 0.29) is 0 Å². The van der Waals surface area contributed by atoms with Crippen LogP contribution in [0.25, 0.3) is 10.2 Å². The van der Waals surface area contributed by atoms with Crippen LogP contribution in [0.15, 0.2) is 24.3 Å². The standard InChI is InChI=1S/C17H22N2S/c1-2-3-4-5-6-7-8-11-14-18-17-19-15-12-9-10-13-16(15)20-17/h9-10,12-13H,2,5-8,11,14H2,1H3,(H,18,19). The first kappa shape index (κ1) is 14.9. The zero-order valence-electron chi connectivity index (χ0n) is 12.1. The van der Waals surface area contributed by atoms with Crippen LogP contribution in [0.5, 0.6) is 0 Å². The summed E-state index contributed by atoms with van der Waals surface area (Å²) in [5.41, 5.74) is 1.09. The molecular weight excluding hydrogens is 264 g/mol. The molecule has 0 bridgehead atoms. The van der Waals surface area contributed by atoms with Gasteiger partial charge in [-0.15, -0.1) is 11.8 Å². The van der Waals surface area contributed by atoms with E-state index >= 15 is 0 Å². The fourth-order valence-electron chi connectivity index (χ4n) is 2.05. The van der Waals surface area contributed by atoms with Gasteiger partial charge in [0.15, 0.2) is 5.13 Å². The normalized spacial score (nSPS) is 10.2. The molecule has 20 heavy (non-hydrogen) atoms. The molecule has 1 aromatic carbocycles. The Morgan fingerprint density at radius 3 is 2.80 bits per heavy atom. The second kappa shape index (κ2) is 8.60. The van der Waals surface area contributed by atoms with E-state index in [2.05, 4.69) is 47.3 Å². The topological polar surface area (TPSA) is 24.9 Å². The van der Waals surface area contributed by atoms with Crippen LogP contribution >= 0.6 is 11.3 Å². The zero-order chi connectivity index (χ0) is 14.0. The second-order valence-electron chi connectivity index (χ2n) is 4.78. The smallest absolute Gasteiger partial charge is 0.183 e. The maximum absolute atomic E-state index is 4.57. The Morgan fingerprint density at radius 1 is 1.10 bits per heavy atom. The van der Waals surface area contributed by atoms with Crippen LogP contribution in [0.3, 0.4) is 0 Å². The van der Waals surface area contributed by atoms with Gasteiger partial charge in [-0.2, -0.15) is 0 Å². The number of nitrogens with zero attached hydrogens (tertiary/aromatic N) is 1. The van der Waals surface area contributed by atoms with Crippen LogP contribution in [0.1, 0.15) is 45.4 Å². The van der Waals surface area contributed by atoms with Gasteiger partial charge < -0.3 is 5.32 Å². The van der Waals surface area contributed by atoms with Crippen molar-refractivity contribution in [3.63, 3.8) is 0 Å². The molecule has 2 aromatic rings. The minimum absolute atomic E-state index is 0.978. The number of hydrogen-bond acceptors (Lipinski definition) is 3. The lowest BCUT2D eigenvalue weighted by atomic mass is 10.1. The van der Waals surface area contributed by atoms with E-state index in [1.54, 1.807) is 11.3 Å². The van der Waals surface area contributed by atoms with Gasteiger partial charge in [-0.1, -0.05) is 43.2 Å². The van der Waals surface area contributed by atoms with Gasteiger partial charge in [0.05, 0.1) is 10.2 Å². The summed E-state index contributed by atoms with van der Waals surface area (Å²) in [5.74, 6) is 6.31. The fourth-order valence-corrected chi connectivity index (χ4v) is 2.94. The van der Waals surface area contributed by atoms with Crippen molar-refractivity contribution in [3.05, 3.63) is 24.3 Å². The first-order valence-corrected chi connectivity index (χ1v) is 8.27. The van der Waals surface area contributed by atoms with Crippen LogP contribution in [-0.2, 0) is 0 Å². The third kappa shape index (κ3) is 4.86. The Hall–Kier alpha value is -1.53. The minimum atomic E-state index is 0.978. The molecule has 0 atom stereocenters. The molecule has 0 spiro atoms. The quantitative estimate of drug-likeness (QED) is 0.567.